The summed E-state index contributed by atoms with van der Waals surface area (Å²) in [7, 11) is 0. The minimum atomic E-state index is -0.474. The van der Waals surface area contributed by atoms with E-state index in [1.54, 1.807) is 24.4 Å². The molecule has 4 aromatic rings. The summed E-state index contributed by atoms with van der Waals surface area (Å²) in [5, 5.41) is 4.80. The minimum Gasteiger partial charge on any atom is -0.361 e. The van der Waals surface area contributed by atoms with Crippen LogP contribution in [0.15, 0.2) is 48.7 Å². The Labute approximate surface area is 163 Å². The molecule has 0 spiro atoms. The number of imide groups is 1. The summed E-state index contributed by atoms with van der Waals surface area (Å²) in [6.45, 7) is 0. The number of H-pyrrole nitrogens is 2. The summed E-state index contributed by atoms with van der Waals surface area (Å²) in [4.78, 5) is 31.5. The molecule has 5 rings (SSSR count). The molecule has 7 heteroatoms. The second-order valence-corrected chi connectivity index (χ2v) is 7.10. The molecule has 2 aromatic heterocycles. The second kappa shape index (κ2) is 5.74. The molecule has 1 aliphatic heterocycles. The molecule has 0 saturated heterocycles. The molecular formula is C20H11Cl2N3O2. The van der Waals surface area contributed by atoms with Gasteiger partial charge in [-0.3, -0.25) is 14.9 Å². The van der Waals surface area contributed by atoms with Crippen molar-refractivity contribution in [2.24, 2.45) is 0 Å². The van der Waals surface area contributed by atoms with Crippen molar-refractivity contribution in [3.05, 3.63) is 70.0 Å². The molecule has 0 unspecified atom stereocenters. The third kappa shape index (κ3) is 2.32. The number of benzene rings is 2. The molecule has 27 heavy (non-hydrogen) atoms. The van der Waals surface area contributed by atoms with E-state index >= 15 is 0 Å². The fourth-order valence-corrected chi connectivity index (χ4v) is 4.08. The Hall–Kier alpha value is -3.02. The molecule has 2 amide bonds. The van der Waals surface area contributed by atoms with E-state index in [0.29, 0.717) is 27.2 Å². The van der Waals surface area contributed by atoms with Crippen LogP contribution >= 0.6 is 23.2 Å². The van der Waals surface area contributed by atoms with Gasteiger partial charge in [0.2, 0.25) is 0 Å². The largest absolute Gasteiger partial charge is 0.361 e. The van der Waals surface area contributed by atoms with Crippen LogP contribution in [-0.4, -0.2) is 21.8 Å². The van der Waals surface area contributed by atoms with Crippen LogP contribution < -0.4 is 5.32 Å². The summed E-state index contributed by atoms with van der Waals surface area (Å²) in [5.41, 5.74) is 3.28. The first-order chi connectivity index (χ1) is 13.0. The SMILES string of the molecule is O=C1NC(=O)C(c2c(Cl)[nH]c3cc(Cl)ccc23)=C1c1c[nH]c2ccccc12. The number of aromatic amines is 2. The standard InChI is InChI=1S/C20H11Cl2N3O2/c21-9-5-6-11-14(7-9)24-18(22)15(11)17-16(19(26)25-20(17)27)12-8-23-13-4-2-1-3-10(12)13/h1-8,23-24H,(H,25,26,27). The fraction of sp³-hybridized carbons (Fsp3) is 0. The predicted molar refractivity (Wildman–Crippen MR) is 107 cm³/mol. The Morgan fingerprint density at radius 2 is 1.59 bits per heavy atom. The number of carbonyl (C=O) groups is 2. The molecule has 0 bridgehead atoms. The number of halogens is 2. The zero-order valence-corrected chi connectivity index (χ0v) is 15.2. The first-order valence-corrected chi connectivity index (χ1v) is 8.93. The molecular weight excluding hydrogens is 385 g/mol. The van der Waals surface area contributed by atoms with Gasteiger partial charge in [0.25, 0.3) is 11.8 Å². The number of aromatic nitrogens is 2. The molecule has 2 aromatic carbocycles. The summed E-state index contributed by atoms with van der Waals surface area (Å²) >= 11 is 12.5. The number of hydrogen-bond donors (Lipinski definition) is 3. The maximum absolute atomic E-state index is 12.7. The highest BCUT2D eigenvalue weighted by Gasteiger charge is 2.35. The third-order valence-corrected chi connectivity index (χ3v) is 5.27. The van der Waals surface area contributed by atoms with E-state index in [0.717, 1.165) is 16.3 Å². The van der Waals surface area contributed by atoms with Gasteiger partial charge in [-0.15, -0.1) is 0 Å². The lowest BCUT2D eigenvalue weighted by atomic mass is 9.95. The molecule has 5 nitrogen and oxygen atoms in total. The van der Waals surface area contributed by atoms with Gasteiger partial charge in [-0.05, 0) is 18.2 Å². The van der Waals surface area contributed by atoms with Crippen LogP contribution in [0, 0.1) is 0 Å². The number of fused-ring (bicyclic) bond motifs is 2. The van der Waals surface area contributed by atoms with E-state index in [1.165, 1.54) is 0 Å². The van der Waals surface area contributed by atoms with Gasteiger partial charge in [0.15, 0.2) is 0 Å². The minimum absolute atomic E-state index is 0.253. The van der Waals surface area contributed by atoms with Crippen molar-refractivity contribution >= 4 is 68.0 Å². The first-order valence-electron chi connectivity index (χ1n) is 8.18. The molecule has 0 radical (unpaired) electrons. The number of amides is 2. The molecule has 3 heterocycles. The van der Waals surface area contributed by atoms with Gasteiger partial charge in [-0.1, -0.05) is 47.5 Å². The maximum atomic E-state index is 12.7. The molecule has 1 aliphatic rings. The number of rotatable bonds is 2. The van der Waals surface area contributed by atoms with Crippen LogP contribution in [0.1, 0.15) is 11.1 Å². The molecule has 0 aliphatic carbocycles. The van der Waals surface area contributed by atoms with Gasteiger partial charge in [-0.25, -0.2) is 0 Å². The van der Waals surface area contributed by atoms with Gasteiger partial charge < -0.3 is 9.97 Å². The maximum Gasteiger partial charge on any atom is 0.259 e. The lowest BCUT2D eigenvalue weighted by molar-refractivity contribution is -0.122. The van der Waals surface area contributed by atoms with E-state index in [4.69, 9.17) is 23.2 Å². The molecule has 0 saturated carbocycles. The average molecular weight is 396 g/mol. The van der Waals surface area contributed by atoms with Crippen molar-refractivity contribution in [3.8, 4) is 0 Å². The molecule has 132 valence electrons. The third-order valence-electron chi connectivity index (χ3n) is 4.75. The monoisotopic (exact) mass is 395 g/mol. The van der Waals surface area contributed by atoms with Gasteiger partial charge in [0, 0.05) is 44.2 Å². The highest BCUT2D eigenvalue weighted by Crippen LogP contribution is 2.41. The van der Waals surface area contributed by atoms with Crippen molar-refractivity contribution < 1.29 is 9.59 Å². The van der Waals surface area contributed by atoms with Crippen molar-refractivity contribution in [2.45, 2.75) is 0 Å². The average Bonchev–Trinajstić information content (AvgIpc) is 3.27. The van der Waals surface area contributed by atoms with Gasteiger partial charge >= 0.3 is 0 Å². The van der Waals surface area contributed by atoms with E-state index in [1.807, 2.05) is 24.3 Å². The Balaban J connectivity index is 1.87. The first kappa shape index (κ1) is 16.2. The smallest absolute Gasteiger partial charge is 0.259 e. The Morgan fingerprint density at radius 3 is 2.44 bits per heavy atom. The number of carbonyl (C=O) groups excluding carboxylic acids is 2. The summed E-state index contributed by atoms with van der Waals surface area (Å²) in [6, 6.07) is 12.8. The Kier molecular flexibility index (Phi) is 3.44. The Morgan fingerprint density at radius 1 is 0.815 bits per heavy atom. The van der Waals surface area contributed by atoms with E-state index < -0.39 is 11.8 Å². The van der Waals surface area contributed by atoms with Gasteiger partial charge in [0.05, 0.1) is 11.1 Å². The van der Waals surface area contributed by atoms with Gasteiger partial charge in [0.1, 0.15) is 5.15 Å². The van der Waals surface area contributed by atoms with Crippen LogP contribution in [-0.2, 0) is 9.59 Å². The normalized spacial score (nSPS) is 14.6. The lowest BCUT2D eigenvalue weighted by Gasteiger charge is -2.04. The van der Waals surface area contributed by atoms with Crippen molar-refractivity contribution in [1.82, 2.24) is 15.3 Å². The van der Waals surface area contributed by atoms with Crippen LogP contribution in [0.5, 0.6) is 0 Å². The van der Waals surface area contributed by atoms with Crippen molar-refractivity contribution in [3.63, 3.8) is 0 Å². The second-order valence-electron chi connectivity index (χ2n) is 6.29. The summed E-state index contributed by atoms with van der Waals surface area (Å²) in [6.07, 6.45) is 1.73. The fourth-order valence-electron chi connectivity index (χ4n) is 3.61. The number of para-hydroxylation sites is 1. The highest BCUT2D eigenvalue weighted by molar-refractivity contribution is 6.52. The summed E-state index contributed by atoms with van der Waals surface area (Å²) < 4.78 is 0. The zero-order valence-electron chi connectivity index (χ0n) is 13.7. The predicted octanol–water partition coefficient (Wildman–Crippen LogP) is 4.52. The topological polar surface area (TPSA) is 77.8 Å². The van der Waals surface area contributed by atoms with E-state index in [9.17, 15) is 9.59 Å². The molecule has 0 atom stereocenters. The van der Waals surface area contributed by atoms with Crippen molar-refractivity contribution in [2.75, 3.05) is 0 Å². The van der Waals surface area contributed by atoms with Crippen LogP contribution in [0.2, 0.25) is 10.2 Å². The molecule has 0 fully saturated rings. The highest BCUT2D eigenvalue weighted by atomic mass is 35.5. The number of hydrogen-bond acceptors (Lipinski definition) is 2. The lowest BCUT2D eigenvalue weighted by Crippen LogP contribution is -2.22. The van der Waals surface area contributed by atoms with Crippen LogP contribution in [0.25, 0.3) is 33.0 Å². The van der Waals surface area contributed by atoms with Crippen LogP contribution in [0.4, 0.5) is 0 Å². The Bertz CT molecular complexity index is 1310. The van der Waals surface area contributed by atoms with Crippen LogP contribution in [0.3, 0.4) is 0 Å². The summed E-state index contributed by atoms with van der Waals surface area (Å²) in [5.74, 6) is -0.919. The van der Waals surface area contributed by atoms with Crippen molar-refractivity contribution in [1.29, 1.82) is 0 Å². The van der Waals surface area contributed by atoms with E-state index in [-0.39, 0.29) is 10.7 Å². The molecule has 3 N–H and O–H groups in total. The zero-order chi connectivity index (χ0) is 18.7. The quantitative estimate of drug-likeness (QED) is 0.436. The van der Waals surface area contributed by atoms with Gasteiger partial charge in [-0.2, -0.15) is 0 Å². The number of nitrogens with one attached hydrogen (secondary N) is 3. The van der Waals surface area contributed by atoms with E-state index in [2.05, 4.69) is 15.3 Å².